The Balaban J connectivity index is 1.33. The van der Waals surface area contributed by atoms with Crippen molar-refractivity contribution in [3.8, 4) is 11.5 Å². The number of halogens is 1. The van der Waals surface area contributed by atoms with Gasteiger partial charge in [-0.2, -0.15) is 0 Å². The first-order chi connectivity index (χ1) is 14.6. The Morgan fingerprint density at radius 3 is 2.20 bits per heavy atom. The van der Waals surface area contributed by atoms with Crippen LogP contribution in [0.15, 0.2) is 42.5 Å². The molecule has 2 heterocycles. The SMILES string of the molecule is COc1cc(CN2CCC[C@@H](N3CCN(c4ccc(F)cc4)CC3)C2)cc(OC)c1. The van der Waals surface area contributed by atoms with Gasteiger partial charge in [0.15, 0.2) is 0 Å². The van der Waals surface area contributed by atoms with Gasteiger partial charge < -0.3 is 14.4 Å². The van der Waals surface area contributed by atoms with Crippen molar-refractivity contribution in [2.45, 2.75) is 25.4 Å². The molecule has 2 aliphatic rings. The molecule has 0 bridgehead atoms. The van der Waals surface area contributed by atoms with Crippen LogP contribution in [-0.2, 0) is 6.54 Å². The van der Waals surface area contributed by atoms with Crippen molar-refractivity contribution < 1.29 is 13.9 Å². The quantitative estimate of drug-likeness (QED) is 0.721. The second kappa shape index (κ2) is 9.67. The van der Waals surface area contributed by atoms with E-state index < -0.39 is 0 Å². The number of hydrogen-bond acceptors (Lipinski definition) is 5. The molecule has 2 aromatic carbocycles. The molecule has 0 amide bonds. The Hall–Kier alpha value is -2.31. The van der Waals surface area contributed by atoms with Crippen LogP contribution in [0.4, 0.5) is 10.1 Å². The molecule has 162 valence electrons. The third kappa shape index (κ3) is 5.05. The smallest absolute Gasteiger partial charge is 0.123 e. The lowest BCUT2D eigenvalue weighted by Crippen LogP contribution is -2.55. The highest BCUT2D eigenvalue weighted by Crippen LogP contribution is 2.26. The van der Waals surface area contributed by atoms with Gasteiger partial charge in [0, 0.05) is 57.1 Å². The van der Waals surface area contributed by atoms with Crippen LogP contribution in [0.1, 0.15) is 18.4 Å². The molecule has 0 unspecified atom stereocenters. The van der Waals surface area contributed by atoms with Crippen LogP contribution in [-0.4, -0.2) is 69.3 Å². The molecule has 0 spiro atoms. The molecular weight excluding hydrogens is 381 g/mol. The van der Waals surface area contributed by atoms with Gasteiger partial charge in [-0.3, -0.25) is 9.80 Å². The molecule has 0 N–H and O–H groups in total. The number of ether oxygens (including phenoxy) is 2. The molecule has 30 heavy (non-hydrogen) atoms. The van der Waals surface area contributed by atoms with Gasteiger partial charge in [0.1, 0.15) is 17.3 Å². The normalized spacial score (nSPS) is 20.9. The summed E-state index contributed by atoms with van der Waals surface area (Å²) in [5.41, 5.74) is 2.35. The largest absolute Gasteiger partial charge is 0.497 e. The van der Waals surface area contributed by atoms with E-state index in [1.165, 1.54) is 18.4 Å². The van der Waals surface area contributed by atoms with Gasteiger partial charge in [0.05, 0.1) is 14.2 Å². The molecule has 2 aromatic rings. The van der Waals surface area contributed by atoms with E-state index in [-0.39, 0.29) is 5.82 Å². The molecule has 2 aliphatic heterocycles. The monoisotopic (exact) mass is 413 g/mol. The third-order valence-corrected chi connectivity index (χ3v) is 6.32. The zero-order valence-electron chi connectivity index (χ0n) is 18.0. The first kappa shape index (κ1) is 20.9. The number of likely N-dealkylation sites (tertiary alicyclic amines) is 1. The second-order valence-electron chi connectivity index (χ2n) is 8.25. The van der Waals surface area contributed by atoms with Crippen molar-refractivity contribution >= 4 is 5.69 Å². The average molecular weight is 414 g/mol. The summed E-state index contributed by atoms with van der Waals surface area (Å²) in [6, 6.07) is 13.6. The Kier molecular flexibility index (Phi) is 6.75. The topological polar surface area (TPSA) is 28.2 Å². The zero-order valence-corrected chi connectivity index (χ0v) is 18.0. The summed E-state index contributed by atoms with van der Waals surface area (Å²) in [7, 11) is 3.39. The number of methoxy groups -OCH3 is 2. The molecule has 0 aliphatic carbocycles. The lowest BCUT2D eigenvalue weighted by molar-refractivity contribution is 0.0887. The maximum Gasteiger partial charge on any atom is 0.123 e. The summed E-state index contributed by atoms with van der Waals surface area (Å²) < 4.78 is 24.0. The average Bonchev–Trinajstić information content (AvgIpc) is 2.79. The van der Waals surface area contributed by atoms with Crippen LogP contribution in [0.25, 0.3) is 0 Å². The number of piperidine rings is 1. The molecule has 6 heteroatoms. The van der Waals surface area contributed by atoms with Gasteiger partial charge in [-0.15, -0.1) is 0 Å². The fraction of sp³-hybridized carbons (Fsp3) is 0.500. The van der Waals surface area contributed by atoms with Gasteiger partial charge in [-0.05, 0) is 61.3 Å². The summed E-state index contributed by atoms with van der Waals surface area (Å²) in [4.78, 5) is 7.55. The zero-order chi connectivity index (χ0) is 20.9. The Morgan fingerprint density at radius 1 is 0.900 bits per heavy atom. The third-order valence-electron chi connectivity index (χ3n) is 6.32. The predicted octanol–water partition coefficient (Wildman–Crippen LogP) is 3.63. The van der Waals surface area contributed by atoms with Gasteiger partial charge >= 0.3 is 0 Å². The van der Waals surface area contributed by atoms with Crippen LogP contribution < -0.4 is 14.4 Å². The number of rotatable bonds is 6. The minimum atomic E-state index is -0.173. The highest BCUT2D eigenvalue weighted by molar-refractivity contribution is 5.46. The predicted molar refractivity (Wildman–Crippen MR) is 118 cm³/mol. The number of hydrogen-bond donors (Lipinski definition) is 0. The van der Waals surface area contributed by atoms with E-state index in [0.29, 0.717) is 6.04 Å². The minimum Gasteiger partial charge on any atom is -0.497 e. The summed E-state index contributed by atoms with van der Waals surface area (Å²) in [5.74, 6) is 1.51. The van der Waals surface area contributed by atoms with Crippen LogP contribution in [0, 0.1) is 5.82 Å². The fourth-order valence-electron chi connectivity index (χ4n) is 4.69. The summed E-state index contributed by atoms with van der Waals surface area (Å²) >= 11 is 0. The van der Waals surface area contributed by atoms with E-state index in [9.17, 15) is 4.39 Å². The lowest BCUT2D eigenvalue weighted by Gasteiger charge is -2.44. The van der Waals surface area contributed by atoms with E-state index in [0.717, 1.165) is 63.0 Å². The van der Waals surface area contributed by atoms with Crippen LogP contribution in [0.3, 0.4) is 0 Å². The molecule has 2 fully saturated rings. The van der Waals surface area contributed by atoms with Crippen molar-refractivity contribution in [1.82, 2.24) is 9.80 Å². The van der Waals surface area contributed by atoms with Crippen molar-refractivity contribution in [2.75, 3.05) is 58.4 Å². The van der Waals surface area contributed by atoms with Crippen molar-refractivity contribution in [3.05, 3.63) is 53.8 Å². The van der Waals surface area contributed by atoms with E-state index in [1.54, 1.807) is 26.4 Å². The number of anilines is 1. The number of piperazine rings is 1. The van der Waals surface area contributed by atoms with Gasteiger partial charge in [-0.1, -0.05) is 0 Å². The summed E-state index contributed by atoms with van der Waals surface area (Å²) in [5, 5.41) is 0. The Bertz CT molecular complexity index is 799. The first-order valence-corrected chi connectivity index (χ1v) is 10.8. The highest BCUT2D eigenvalue weighted by Gasteiger charge is 2.28. The molecule has 0 aromatic heterocycles. The highest BCUT2D eigenvalue weighted by atomic mass is 19.1. The van der Waals surface area contributed by atoms with Crippen molar-refractivity contribution in [3.63, 3.8) is 0 Å². The van der Waals surface area contributed by atoms with Crippen molar-refractivity contribution in [2.24, 2.45) is 0 Å². The standard InChI is InChI=1S/C24H32FN3O2/c1-29-23-14-19(15-24(16-23)30-2)17-26-9-3-4-22(18-26)28-12-10-27(11-13-28)21-7-5-20(25)6-8-21/h5-8,14-16,22H,3-4,9-13,17-18H2,1-2H3/t22-/m1/s1. The van der Waals surface area contributed by atoms with E-state index in [1.807, 2.05) is 18.2 Å². The molecule has 1 atom stereocenters. The molecule has 4 rings (SSSR count). The molecule has 0 saturated carbocycles. The molecule has 5 nitrogen and oxygen atoms in total. The Morgan fingerprint density at radius 2 is 1.57 bits per heavy atom. The lowest BCUT2D eigenvalue weighted by atomic mass is 10.0. The van der Waals surface area contributed by atoms with Crippen LogP contribution in [0.5, 0.6) is 11.5 Å². The summed E-state index contributed by atoms with van der Waals surface area (Å²) in [6.45, 7) is 7.25. The second-order valence-corrected chi connectivity index (χ2v) is 8.25. The van der Waals surface area contributed by atoms with Gasteiger partial charge in [0.2, 0.25) is 0 Å². The fourth-order valence-corrected chi connectivity index (χ4v) is 4.69. The van der Waals surface area contributed by atoms with Gasteiger partial charge in [-0.25, -0.2) is 4.39 Å². The maximum absolute atomic E-state index is 13.2. The van der Waals surface area contributed by atoms with Gasteiger partial charge in [0.25, 0.3) is 0 Å². The van der Waals surface area contributed by atoms with Crippen molar-refractivity contribution in [1.29, 1.82) is 0 Å². The van der Waals surface area contributed by atoms with E-state index in [4.69, 9.17) is 9.47 Å². The minimum absolute atomic E-state index is 0.173. The summed E-state index contributed by atoms with van der Waals surface area (Å²) in [6.07, 6.45) is 2.48. The van der Waals surface area contributed by atoms with E-state index in [2.05, 4.69) is 26.8 Å². The molecular formula is C24H32FN3O2. The maximum atomic E-state index is 13.2. The molecule has 2 saturated heterocycles. The molecule has 0 radical (unpaired) electrons. The number of nitrogens with zero attached hydrogens (tertiary/aromatic N) is 3. The first-order valence-electron chi connectivity index (χ1n) is 10.8. The van der Waals surface area contributed by atoms with E-state index >= 15 is 0 Å². The number of benzene rings is 2. The van der Waals surface area contributed by atoms with Crippen LogP contribution >= 0.6 is 0 Å². The van der Waals surface area contributed by atoms with Crippen LogP contribution in [0.2, 0.25) is 0 Å². The Labute approximate surface area is 179 Å².